The quantitative estimate of drug-likeness (QED) is 0.538. The van der Waals surface area contributed by atoms with Crippen molar-refractivity contribution in [1.29, 1.82) is 0 Å². The maximum Gasteiger partial charge on any atom is -0.0222 e. The molecule has 0 amide bonds. The van der Waals surface area contributed by atoms with Crippen molar-refractivity contribution >= 4 is 0 Å². The Morgan fingerprint density at radius 2 is 1.73 bits per heavy atom. The Balaban J connectivity index is 4.10. The smallest absolute Gasteiger partial charge is 0.0222 e. The van der Waals surface area contributed by atoms with Crippen LogP contribution in [0.1, 0.15) is 27.7 Å². The van der Waals surface area contributed by atoms with Gasteiger partial charge in [0.2, 0.25) is 0 Å². The van der Waals surface area contributed by atoms with Crippen LogP contribution in [0.4, 0.5) is 0 Å². The molecule has 0 saturated carbocycles. The van der Waals surface area contributed by atoms with E-state index >= 15 is 0 Å². The average molecular weight is 150 g/mol. The van der Waals surface area contributed by atoms with Crippen LogP contribution in [0.25, 0.3) is 0 Å². The minimum Gasteiger partial charge on any atom is -0.0877 e. The van der Waals surface area contributed by atoms with Gasteiger partial charge in [-0.1, -0.05) is 44.2 Å². The molecule has 0 radical (unpaired) electrons. The zero-order valence-electron chi connectivity index (χ0n) is 7.96. The van der Waals surface area contributed by atoms with Gasteiger partial charge in [-0.15, -0.1) is 0 Å². The first-order valence-corrected chi connectivity index (χ1v) is 4.18. The molecule has 0 atom stereocenters. The van der Waals surface area contributed by atoms with E-state index in [9.17, 15) is 0 Å². The van der Waals surface area contributed by atoms with Crippen LogP contribution in [0, 0.1) is 5.92 Å². The molecule has 0 nitrogen and oxygen atoms in total. The second-order valence-electron chi connectivity index (χ2n) is 2.83. The lowest BCUT2D eigenvalue weighted by Gasteiger charge is -2.03. The Labute approximate surface area is 70.3 Å². The number of hydrogen-bond donors (Lipinski definition) is 0. The van der Waals surface area contributed by atoms with Crippen LogP contribution in [-0.2, 0) is 0 Å². The minimum absolute atomic E-state index is 0.626. The Bertz CT molecular complexity index is 168. The van der Waals surface area contributed by atoms with Crippen molar-refractivity contribution in [3.05, 3.63) is 36.0 Å². The molecule has 0 aromatic heterocycles. The number of allylic oxidation sites excluding steroid dienone is 6. The zero-order valence-corrected chi connectivity index (χ0v) is 7.96. The predicted molar refractivity (Wildman–Crippen MR) is 52.5 cm³/mol. The fraction of sp³-hybridized carbons (Fsp3) is 0.455. The monoisotopic (exact) mass is 150 g/mol. The van der Waals surface area contributed by atoms with E-state index < -0.39 is 0 Å². The van der Waals surface area contributed by atoms with Gasteiger partial charge in [-0.2, -0.15) is 0 Å². The molecule has 0 unspecified atom stereocenters. The SMILES string of the molecule is C\C=C/C=C\C(=C\C)C(C)C. The standard InChI is InChI=1S/C11H18/c1-5-7-8-9-11(6-2)10(3)4/h5-10H,1-4H3/b7-5-,9-8-,11-6-. The highest BCUT2D eigenvalue weighted by atomic mass is 14.0. The van der Waals surface area contributed by atoms with Crippen molar-refractivity contribution < 1.29 is 0 Å². The third-order valence-corrected chi connectivity index (χ3v) is 1.59. The first kappa shape index (κ1) is 10.2. The molecule has 0 saturated heterocycles. The molecule has 0 aromatic carbocycles. The van der Waals surface area contributed by atoms with E-state index in [0.717, 1.165) is 0 Å². The van der Waals surface area contributed by atoms with Gasteiger partial charge in [0.05, 0.1) is 0 Å². The summed E-state index contributed by atoms with van der Waals surface area (Å²) in [6.07, 6.45) is 10.5. The van der Waals surface area contributed by atoms with Crippen molar-refractivity contribution in [2.45, 2.75) is 27.7 Å². The van der Waals surface area contributed by atoms with Gasteiger partial charge in [0.15, 0.2) is 0 Å². The summed E-state index contributed by atoms with van der Waals surface area (Å²) in [5.74, 6) is 0.626. The highest BCUT2D eigenvalue weighted by molar-refractivity contribution is 5.22. The molecule has 11 heavy (non-hydrogen) atoms. The van der Waals surface area contributed by atoms with Crippen molar-refractivity contribution in [3.63, 3.8) is 0 Å². The van der Waals surface area contributed by atoms with Gasteiger partial charge >= 0.3 is 0 Å². The fourth-order valence-electron chi connectivity index (χ4n) is 0.900. The topological polar surface area (TPSA) is 0 Å². The molecule has 0 heteroatoms. The van der Waals surface area contributed by atoms with Gasteiger partial charge in [0.25, 0.3) is 0 Å². The van der Waals surface area contributed by atoms with Crippen LogP contribution in [0.15, 0.2) is 36.0 Å². The average Bonchev–Trinajstić information content (AvgIpc) is 1.97. The molecular weight excluding hydrogens is 132 g/mol. The molecule has 0 aliphatic rings. The van der Waals surface area contributed by atoms with Crippen LogP contribution in [0.5, 0.6) is 0 Å². The Hall–Kier alpha value is -0.780. The zero-order chi connectivity index (χ0) is 8.69. The van der Waals surface area contributed by atoms with E-state index in [1.165, 1.54) is 5.57 Å². The van der Waals surface area contributed by atoms with E-state index in [0.29, 0.717) is 5.92 Å². The largest absolute Gasteiger partial charge is 0.0877 e. The van der Waals surface area contributed by atoms with Gasteiger partial charge in [0.1, 0.15) is 0 Å². The highest BCUT2D eigenvalue weighted by Crippen LogP contribution is 2.10. The van der Waals surface area contributed by atoms with E-state index in [1.54, 1.807) is 0 Å². The van der Waals surface area contributed by atoms with Crippen molar-refractivity contribution in [2.75, 3.05) is 0 Å². The molecule has 0 aliphatic carbocycles. The van der Waals surface area contributed by atoms with Gasteiger partial charge in [-0.3, -0.25) is 0 Å². The van der Waals surface area contributed by atoms with Gasteiger partial charge in [-0.25, -0.2) is 0 Å². The third kappa shape index (κ3) is 4.60. The first-order valence-electron chi connectivity index (χ1n) is 4.18. The number of rotatable bonds is 3. The summed E-state index contributed by atoms with van der Waals surface area (Å²) in [6.45, 7) is 8.51. The fourth-order valence-corrected chi connectivity index (χ4v) is 0.900. The maximum atomic E-state index is 2.20. The molecule has 0 aromatic rings. The van der Waals surface area contributed by atoms with Crippen LogP contribution in [0.2, 0.25) is 0 Å². The van der Waals surface area contributed by atoms with Gasteiger partial charge < -0.3 is 0 Å². The summed E-state index contributed by atoms with van der Waals surface area (Å²) >= 11 is 0. The molecule has 0 heterocycles. The second kappa shape index (κ2) is 5.96. The molecule has 0 aliphatic heterocycles. The number of hydrogen-bond acceptors (Lipinski definition) is 0. The lowest BCUT2D eigenvalue weighted by molar-refractivity contribution is 0.789. The normalized spacial score (nSPS) is 14.1. The summed E-state index contributed by atoms with van der Waals surface area (Å²) in [5, 5.41) is 0. The van der Waals surface area contributed by atoms with Gasteiger partial charge in [-0.05, 0) is 25.3 Å². The van der Waals surface area contributed by atoms with Crippen LogP contribution in [-0.4, -0.2) is 0 Å². The maximum absolute atomic E-state index is 2.20. The Morgan fingerprint density at radius 3 is 2.09 bits per heavy atom. The summed E-state index contributed by atoms with van der Waals surface area (Å²) < 4.78 is 0. The molecule has 0 spiro atoms. The third-order valence-electron chi connectivity index (χ3n) is 1.59. The Kier molecular flexibility index (Phi) is 5.54. The van der Waals surface area contributed by atoms with Crippen molar-refractivity contribution in [1.82, 2.24) is 0 Å². The minimum atomic E-state index is 0.626. The van der Waals surface area contributed by atoms with Crippen molar-refractivity contribution in [2.24, 2.45) is 5.92 Å². The molecule has 0 N–H and O–H groups in total. The van der Waals surface area contributed by atoms with Crippen molar-refractivity contribution in [3.8, 4) is 0 Å². The lowest BCUT2D eigenvalue weighted by Crippen LogP contribution is -1.88. The Morgan fingerprint density at radius 1 is 1.09 bits per heavy atom. The van der Waals surface area contributed by atoms with E-state index in [-0.39, 0.29) is 0 Å². The van der Waals surface area contributed by atoms with Crippen LogP contribution < -0.4 is 0 Å². The summed E-state index contributed by atoms with van der Waals surface area (Å²) in [4.78, 5) is 0. The lowest BCUT2D eigenvalue weighted by atomic mass is 10.0. The van der Waals surface area contributed by atoms with E-state index in [2.05, 4.69) is 39.0 Å². The summed E-state index contributed by atoms with van der Waals surface area (Å²) in [5.41, 5.74) is 1.39. The molecule has 0 fully saturated rings. The summed E-state index contributed by atoms with van der Waals surface area (Å²) in [7, 11) is 0. The molecule has 0 rings (SSSR count). The van der Waals surface area contributed by atoms with E-state index in [4.69, 9.17) is 0 Å². The van der Waals surface area contributed by atoms with E-state index in [1.807, 2.05) is 19.1 Å². The molecular formula is C11H18. The first-order chi connectivity index (χ1) is 5.22. The highest BCUT2D eigenvalue weighted by Gasteiger charge is 1.94. The second-order valence-corrected chi connectivity index (χ2v) is 2.83. The molecule has 62 valence electrons. The van der Waals surface area contributed by atoms with Crippen LogP contribution >= 0.6 is 0 Å². The summed E-state index contributed by atoms with van der Waals surface area (Å²) in [6, 6.07) is 0. The van der Waals surface area contributed by atoms with Gasteiger partial charge in [0, 0.05) is 0 Å². The van der Waals surface area contributed by atoms with Crippen LogP contribution in [0.3, 0.4) is 0 Å². The molecule has 0 bridgehead atoms. The predicted octanol–water partition coefficient (Wildman–Crippen LogP) is 3.72.